The highest BCUT2D eigenvalue weighted by atomic mass is 35.5. The van der Waals surface area contributed by atoms with Crippen molar-refractivity contribution in [1.82, 2.24) is 0 Å². The highest BCUT2D eigenvalue weighted by Gasteiger charge is 2.24. The average molecular weight is 464 g/mol. The van der Waals surface area contributed by atoms with E-state index < -0.39 is 11.7 Å². The number of nitrogens with one attached hydrogen (secondary N) is 1. The normalized spacial score (nSPS) is 10.8. The Morgan fingerprint density at radius 3 is 2.48 bits per heavy atom. The molecule has 0 aliphatic heterocycles. The molecule has 0 atom stereocenters. The number of aryl methyl sites for hydroxylation is 1. The number of ketones is 1. The maximum Gasteiger partial charge on any atom is 0.262 e. The summed E-state index contributed by atoms with van der Waals surface area (Å²) in [6.07, 6.45) is 0.921. The van der Waals surface area contributed by atoms with Crippen LogP contribution in [0.5, 0.6) is 11.5 Å². The van der Waals surface area contributed by atoms with Gasteiger partial charge in [0.1, 0.15) is 17.1 Å². The molecular weight excluding hydrogens is 442 g/mol. The number of ether oxygens (including phenoxy) is 2. The van der Waals surface area contributed by atoms with Crippen molar-refractivity contribution in [1.29, 1.82) is 0 Å². The third kappa shape index (κ3) is 4.86. The van der Waals surface area contributed by atoms with Gasteiger partial charge in [-0.3, -0.25) is 9.59 Å². The molecule has 0 unspecified atom stereocenters. The fraction of sp³-hybridized carbons (Fsp3) is 0.154. The second-order valence-electron chi connectivity index (χ2n) is 7.32. The maximum atomic E-state index is 13.2. The van der Waals surface area contributed by atoms with Crippen LogP contribution in [0.25, 0.3) is 11.0 Å². The Labute approximate surface area is 196 Å². The number of hydrogen-bond acceptors (Lipinski definition) is 5. The standard InChI is InChI=1S/C26H22ClNO5/c1-3-16-8-11-18(12-9-16)32-15-23(29)28-24-19-6-4-5-7-21(19)33-26(24)25(30)17-10-13-22(31-2)20(27)14-17/h4-14H,3,15H2,1-2H3,(H,28,29). The highest BCUT2D eigenvalue weighted by molar-refractivity contribution is 6.32. The van der Waals surface area contributed by atoms with Gasteiger partial charge in [0, 0.05) is 10.9 Å². The van der Waals surface area contributed by atoms with E-state index in [1.54, 1.807) is 36.4 Å². The van der Waals surface area contributed by atoms with Crippen LogP contribution in [0, 0.1) is 0 Å². The van der Waals surface area contributed by atoms with Crippen molar-refractivity contribution in [2.75, 3.05) is 19.0 Å². The minimum Gasteiger partial charge on any atom is -0.495 e. The van der Waals surface area contributed by atoms with E-state index in [1.807, 2.05) is 24.3 Å². The summed E-state index contributed by atoms with van der Waals surface area (Å²) >= 11 is 6.19. The van der Waals surface area contributed by atoms with Gasteiger partial charge >= 0.3 is 0 Å². The minimum absolute atomic E-state index is 0.0121. The summed E-state index contributed by atoms with van der Waals surface area (Å²) in [7, 11) is 1.50. The number of hydrogen-bond donors (Lipinski definition) is 1. The molecule has 33 heavy (non-hydrogen) atoms. The Kier molecular flexibility index (Phi) is 6.66. The van der Waals surface area contributed by atoms with E-state index in [-0.39, 0.29) is 18.1 Å². The molecule has 3 aromatic carbocycles. The third-order valence-corrected chi connectivity index (χ3v) is 5.48. The van der Waals surface area contributed by atoms with Crippen LogP contribution in [0.4, 0.5) is 5.69 Å². The highest BCUT2D eigenvalue weighted by Crippen LogP contribution is 2.34. The van der Waals surface area contributed by atoms with Crippen LogP contribution in [0.2, 0.25) is 5.02 Å². The number of carbonyl (C=O) groups excluding carboxylic acids is 2. The molecule has 0 radical (unpaired) electrons. The number of fused-ring (bicyclic) bond motifs is 1. The van der Waals surface area contributed by atoms with Crippen LogP contribution < -0.4 is 14.8 Å². The summed E-state index contributed by atoms with van der Waals surface area (Å²) in [6.45, 7) is 1.85. The van der Waals surface area contributed by atoms with Crippen LogP contribution in [-0.4, -0.2) is 25.4 Å². The Bertz CT molecular complexity index is 1310. The van der Waals surface area contributed by atoms with E-state index in [0.29, 0.717) is 33.1 Å². The van der Waals surface area contributed by atoms with Gasteiger partial charge in [-0.15, -0.1) is 0 Å². The van der Waals surface area contributed by atoms with Gasteiger partial charge in [0.25, 0.3) is 5.91 Å². The predicted molar refractivity (Wildman–Crippen MR) is 128 cm³/mol. The van der Waals surface area contributed by atoms with Crippen LogP contribution in [0.15, 0.2) is 71.1 Å². The summed E-state index contributed by atoms with van der Waals surface area (Å²) in [4.78, 5) is 25.9. The zero-order chi connectivity index (χ0) is 23.4. The lowest BCUT2D eigenvalue weighted by Gasteiger charge is -2.09. The van der Waals surface area contributed by atoms with Gasteiger partial charge in [-0.1, -0.05) is 42.8 Å². The second-order valence-corrected chi connectivity index (χ2v) is 7.72. The van der Waals surface area contributed by atoms with Gasteiger partial charge in [0.15, 0.2) is 12.4 Å². The van der Waals surface area contributed by atoms with Crippen LogP contribution in [0.1, 0.15) is 28.6 Å². The number of benzene rings is 3. The first kappa shape index (κ1) is 22.4. The molecule has 0 spiro atoms. The maximum absolute atomic E-state index is 13.2. The van der Waals surface area contributed by atoms with Crippen LogP contribution >= 0.6 is 11.6 Å². The molecule has 0 saturated heterocycles. The minimum atomic E-state index is -0.415. The summed E-state index contributed by atoms with van der Waals surface area (Å²) in [6, 6.07) is 19.3. The molecule has 0 aliphatic rings. The molecule has 168 valence electrons. The zero-order valence-corrected chi connectivity index (χ0v) is 18.9. The van der Waals surface area contributed by atoms with Gasteiger partial charge in [-0.05, 0) is 54.4 Å². The van der Waals surface area contributed by atoms with Crippen LogP contribution in [0.3, 0.4) is 0 Å². The monoisotopic (exact) mass is 463 g/mol. The number of anilines is 1. The van der Waals surface area contributed by atoms with E-state index >= 15 is 0 Å². The van der Waals surface area contributed by atoms with Crippen molar-refractivity contribution >= 4 is 39.9 Å². The lowest BCUT2D eigenvalue weighted by molar-refractivity contribution is -0.118. The Hall–Kier alpha value is -3.77. The van der Waals surface area contributed by atoms with E-state index in [2.05, 4.69) is 12.2 Å². The second kappa shape index (κ2) is 9.79. The van der Waals surface area contributed by atoms with Crippen LogP contribution in [-0.2, 0) is 11.2 Å². The summed E-state index contributed by atoms with van der Waals surface area (Å²) < 4.78 is 16.6. The largest absolute Gasteiger partial charge is 0.495 e. The number of furan rings is 1. The van der Waals surface area contributed by atoms with Gasteiger partial charge in [0.2, 0.25) is 5.78 Å². The van der Waals surface area contributed by atoms with Gasteiger partial charge in [0.05, 0.1) is 17.8 Å². The molecule has 7 heteroatoms. The molecule has 0 aliphatic carbocycles. The number of halogens is 1. The summed E-state index contributed by atoms with van der Waals surface area (Å²) in [5.41, 5.74) is 2.25. The first-order valence-corrected chi connectivity index (χ1v) is 10.8. The quantitative estimate of drug-likeness (QED) is 0.329. The van der Waals surface area contributed by atoms with Crippen molar-refractivity contribution in [3.63, 3.8) is 0 Å². The number of carbonyl (C=O) groups is 2. The molecule has 1 heterocycles. The zero-order valence-electron chi connectivity index (χ0n) is 18.2. The van der Waals surface area contributed by atoms with Gasteiger partial charge in [-0.2, -0.15) is 0 Å². The first-order valence-electron chi connectivity index (χ1n) is 10.4. The Morgan fingerprint density at radius 2 is 1.79 bits per heavy atom. The molecule has 1 N–H and O–H groups in total. The first-order chi connectivity index (χ1) is 16.0. The third-order valence-electron chi connectivity index (χ3n) is 5.18. The fourth-order valence-corrected chi connectivity index (χ4v) is 3.67. The molecule has 0 fully saturated rings. The number of amides is 1. The van der Waals surface area contributed by atoms with Crippen molar-refractivity contribution in [2.24, 2.45) is 0 Å². The molecular formula is C26H22ClNO5. The molecule has 1 aromatic heterocycles. The molecule has 4 aromatic rings. The average Bonchev–Trinajstić information content (AvgIpc) is 3.20. The van der Waals surface area contributed by atoms with Crippen molar-refractivity contribution in [3.8, 4) is 11.5 Å². The Morgan fingerprint density at radius 1 is 1.03 bits per heavy atom. The summed E-state index contributed by atoms with van der Waals surface area (Å²) in [5.74, 6) is 0.224. The smallest absolute Gasteiger partial charge is 0.262 e. The molecule has 4 rings (SSSR count). The molecule has 0 saturated carbocycles. The number of para-hydroxylation sites is 1. The SMILES string of the molecule is CCc1ccc(OCC(=O)Nc2c(C(=O)c3ccc(OC)c(Cl)c3)oc3ccccc23)cc1. The number of rotatable bonds is 8. The van der Waals surface area contributed by atoms with Crippen molar-refractivity contribution < 1.29 is 23.5 Å². The lowest BCUT2D eigenvalue weighted by atomic mass is 10.1. The van der Waals surface area contributed by atoms with Gasteiger partial charge in [-0.25, -0.2) is 0 Å². The topological polar surface area (TPSA) is 77.8 Å². The fourth-order valence-electron chi connectivity index (χ4n) is 3.41. The van der Waals surface area contributed by atoms with Crippen molar-refractivity contribution in [3.05, 3.63) is 88.6 Å². The van der Waals surface area contributed by atoms with E-state index in [9.17, 15) is 9.59 Å². The number of methoxy groups -OCH3 is 1. The van der Waals surface area contributed by atoms with E-state index in [4.69, 9.17) is 25.5 Å². The molecule has 0 bridgehead atoms. The summed E-state index contributed by atoms with van der Waals surface area (Å²) in [5, 5.41) is 3.69. The lowest BCUT2D eigenvalue weighted by Crippen LogP contribution is -2.21. The predicted octanol–water partition coefficient (Wildman–Crippen LogP) is 5.91. The Balaban J connectivity index is 1.58. The van der Waals surface area contributed by atoms with Gasteiger partial charge < -0.3 is 19.2 Å². The van der Waals surface area contributed by atoms with Crippen molar-refractivity contribution in [2.45, 2.75) is 13.3 Å². The van der Waals surface area contributed by atoms with E-state index in [0.717, 1.165) is 6.42 Å². The molecule has 6 nitrogen and oxygen atoms in total. The van der Waals surface area contributed by atoms with E-state index in [1.165, 1.54) is 18.7 Å². The molecule has 1 amide bonds.